The van der Waals surface area contributed by atoms with Crippen molar-refractivity contribution < 1.29 is 10.2 Å². The summed E-state index contributed by atoms with van der Waals surface area (Å²) in [5.41, 5.74) is 0.472. The molecule has 2 aliphatic rings. The second-order valence-corrected chi connectivity index (χ2v) is 6.65. The summed E-state index contributed by atoms with van der Waals surface area (Å²) in [5.74, 6) is 1.39. The van der Waals surface area contributed by atoms with Crippen molar-refractivity contribution in [2.75, 3.05) is 0 Å². The molecule has 2 saturated carbocycles. The Morgan fingerprint density at radius 2 is 1.79 bits per heavy atom. The van der Waals surface area contributed by atoms with E-state index < -0.39 is 11.7 Å². The molecule has 1 aromatic rings. The lowest BCUT2D eigenvalue weighted by molar-refractivity contribution is -0.112. The minimum absolute atomic E-state index is 0.251. The summed E-state index contributed by atoms with van der Waals surface area (Å²) in [4.78, 5) is 0. The molecule has 2 heteroatoms. The van der Waals surface area contributed by atoms with Gasteiger partial charge in [-0.2, -0.15) is 0 Å². The third-order valence-corrected chi connectivity index (χ3v) is 5.16. The van der Waals surface area contributed by atoms with Gasteiger partial charge in [-0.1, -0.05) is 37.3 Å². The van der Waals surface area contributed by atoms with Crippen molar-refractivity contribution in [1.82, 2.24) is 0 Å². The molecule has 19 heavy (non-hydrogen) atoms. The third kappa shape index (κ3) is 2.56. The van der Waals surface area contributed by atoms with Crippen molar-refractivity contribution >= 4 is 0 Å². The number of rotatable bonds is 3. The van der Waals surface area contributed by atoms with Crippen LogP contribution >= 0.6 is 0 Å². The van der Waals surface area contributed by atoms with Crippen LogP contribution in [0.1, 0.15) is 50.5 Å². The molecule has 2 nitrogen and oxygen atoms in total. The summed E-state index contributed by atoms with van der Waals surface area (Å²) in [5, 5.41) is 21.2. The zero-order valence-electron chi connectivity index (χ0n) is 11.6. The van der Waals surface area contributed by atoms with E-state index in [4.69, 9.17) is 0 Å². The normalized spacial score (nSPS) is 39.8. The zero-order valence-corrected chi connectivity index (χ0v) is 11.6. The molecule has 0 saturated heterocycles. The summed E-state index contributed by atoms with van der Waals surface area (Å²) < 4.78 is 0. The van der Waals surface area contributed by atoms with Gasteiger partial charge < -0.3 is 10.2 Å². The maximum Gasteiger partial charge on any atom is 0.0908 e. The van der Waals surface area contributed by atoms with Crippen LogP contribution < -0.4 is 0 Å². The van der Waals surface area contributed by atoms with Crippen LogP contribution in [0.15, 0.2) is 30.3 Å². The molecule has 2 fully saturated rings. The van der Waals surface area contributed by atoms with E-state index in [-0.39, 0.29) is 5.92 Å². The van der Waals surface area contributed by atoms with Crippen LogP contribution in [0.4, 0.5) is 0 Å². The van der Waals surface area contributed by atoms with Gasteiger partial charge in [0.05, 0.1) is 11.7 Å². The third-order valence-electron chi connectivity index (χ3n) is 5.16. The molecular formula is C17H24O2. The molecule has 0 aliphatic heterocycles. The van der Waals surface area contributed by atoms with Crippen LogP contribution in [-0.4, -0.2) is 21.9 Å². The molecular weight excluding hydrogens is 236 g/mol. The first kappa shape index (κ1) is 13.1. The Balaban J connectivity index is 1.65. The van der Waals surface area contributed by atoms with Crippen LogP contribution in [0, 0.1) is 11.8 Å². The van der Waals surface area contributed by atoms with Crippen LogP contribution in [0.25, 0.3) is 0 Å². The van der Waals surface area contributed by atoms with Crippen LogP contribution in [0.3, 0.4) is 0 Å². The first-order valence-corrected chi connectivity index (χ1v) is 7.55. The van der Waals surface area contributed by atoms with E-state index in [0.29, 0.717) is 11.8 Å². The quantitative estimate of drug-likeness (QED) is 0.876. The highest BCUT2D eigenvalue weighted by atomic mass is 16.3. The first-order valence-electron chi connectivity index (χ1n) is 7.55. The van der Waals surface area contributed by atoms with E-state index in [9.17, 15) is 10.2 Å². The van der Waals surface area contributed by atoms with Gasteiger partial charge in [-0.15, -0.1) is 0 Å². The van der Waals surface area contributed by atoms with E-state index in [2.05, 4.69) is 19.1 Å². The van der Waals surface area contributed by atoms with Crippen molar-refractivity contribution in [3.63, 3.8) is 0 Å². The van der Waals surface area contributed by atoms with E-state index in [1.807, 2.05) is 18.2 Å². The summed E-state index contributed by atoms with van der Waals surface area (Å²) >= 11 is 0. The van der Waals surface area contributed by atoms with E-state index in [1.165, 1.54) is 5.56 Å². The van der Waals surface area contributed by atoms with Crippen LogP contribution in [-0.2, 0) is 0 Å². The monoisotopic (exact) mass is 260 g/mol. The largest absolute Gasteiger partial charge is 0.390 e. The van der Waals surface area contributed by atoms with Crippen molar-refractivity contribution in [3.8, 4) is 0 Å². The lowest BCUT2D eigenvalue weighted by Crippen LogP contribution is -2.46. The Kier molecular flexibility index (Phi) is 3.40. The average Bonchev–Trinajstić information content (AvgIpc) is 3.23. The molecule has 3 rings (SSSR count). The molecule has 3 atom stereocenters. The number of hydrogen-bond acceptors (Lipinski definition) is 2. The standard InChI is InChI=1S/C17H24O2/c1-12-7-9-17(19,10-8-12)16(18)15-11-14(15)13-5-3-2-4-6-13/h2-6,12,14-16,18-19H,7-11H2,1H3. The number of aliphatic hydroxyl groups is 2. The van der Waals surface area contributed by atoms with Crippen molar-refractivity contribution in [2.45, 2.75) is 56.7 Å². The number of aliphatic hydroxyl groups excluding tert-OH is 1. The van der Waals surface area contributed by atoms with Gasteiger partial charge in [0.2, 0.25) is 0 Å². The molecule has 1 aromatic carbocycles. The van der Waals surface area contributed by atoms with Gasteiger partial charge >= 0.3 is 0 Å². The Morgan fingerprint density at radius 3 is 2.42 bits per heavy atom. The molecule has 0 bridgehead atoms. The summed E-state index contributed by atoms with van der Waals surface area (Å²) in [6, 6.07) is 10.4. The average molecular weight is 260 g/mol. The van der Waals surface area contributed by atoms with E-state index in [1.54, 1.807) is 0 Å². The Morgan fingerprint density at radius 1 is 1.16 bits per heavy atom. The lowest BCUT2D eigenvalue weighted by Gasteiger charge is -2.39. The molecule has 0 heterocycles. The maximum atomic E-state index is 10.7. The molecule has 2 N–H and O–H groups in total. The molecule has 104 valence electrons. The van der Waals surface area contributed by atoms with E-state index >= 15 is 0 Å². The van der Waals surface area contributed by atoms with E-state index in [0.717, 1.165) is 32.1 Å². The minimum atomic E-state index is -0.833. The molecule has 0 radical (unpaired) electrons. The van der Waals surface area contributed by atoms with Gasteiger partial charge in [0.25, 0.3) is 0 Å². The highest BCUT2D eigenvalue weighted by molar-refractivity contribution is 5.27. The summed E-state index contributed by atoms with van der Waals surface area (Å²) in [6.45, 7) is 2.23. The van der Waals surface area contributed by atoms with Gasteiger partial charge in [-0.25, -0.2) is 0 Å². The Bertz CT molecular complexity index is 420. The van der Waals surface area contributed by atoms with Crippen LogP contribution in [0.2, 0.25) is 0 Å². The van der Waals surface area contributed by atoms with Crippen molar-refractivity contribution in [3.05, 3.63) is 35.9 Å². The molecule has 3 unspecified atom stereocenters. The zero-order chi connectivity index (χ0) is 13.5. The summed E-state index contributed by atoms with van der Waals surface area (Å²) in [6.07, 6.45) is 4.06. The minimum Gasteiger partial charge on any atom is -0.390 e. The Labute approximate surface area is 115 Å². The second kappa shape index (κ2) is 4.92. The predicted octanol–water partition coefficient (Wildman–Crippen LogP) is 3.09. The topological polar surface area (TPSA) is 40.5 Å². The number of hydrogen-bond donors (Lipinski definition) is 2. The lowest BCUT2D eigenvalue weighted by atomic mass is 9.75. The smallest absolute Gasteiger partial charge is 0.0908 e. The van der Waals surface area contributed by atoms with Gasteiger partial charge in [0.1, 0.15) is 0 Å². The van der Waals surface area contributed by atoms with Crippen molar-refractivity contribution in [1.29, 1.82) is 0 Å². The second-order valence-electron chi connectivity index (χ2n) is 6.65. The fraction of sp³-hybridized carbons (Fsp3) is 0.647. The summed E-state index contributed by atoms with van der Waals surface area (Å²) in [7, 11) is 0. The highest BCUT2D eigenvalue weighted by Gasteiger charge is 2.51. The molecule has 0 spiro atoms. The van der Waals surface area contributed by atoms with Gasteiger partial charge in [-0.3, -0.25) is 0 Å². The fourth-order valence-electron chi connectivity index (χ4n) is 3.60. The van der Waals surface area contributed by atoms with Gasteiger partial charge in [0.15, 0.2) is 0 Å². The first-order chi connectivity index (χ1) is 9.10. The van der Waals surface area contributed by atoms with Crippen LogP contribution in [0.5, 0.6) is 0 Å². The van der Waals surface area contributed by atoms with Crippen molar-refractivity contribution in [2.24, 2.45) is 11.8 Å². The van der Waals surface area contributed by atoms with Gasteiger partial charge in [-0.05, 0) is 55.4 Å². The molecule has 0 amide bonds. The molecule has 0 aromatic heterocycles. The highest BCUT2D eigenvalue weighted by Crippen LogP contribution is 2.53. The Hall–Kier alpha value is -0.860. The molecule has 2 aliphatic carbocycles. The number of benzene rings is 1. The SMILES string of the molecule is CC1CCC(O)(C(O)C2CC2c2ccccc2)CC1. The fourth-order valence-corrected chi connectivity index (χ4v) is 3.60. The predicted molar refractivity (Wildman–Crippen MR) is 75.9 cm³/mol. The maximum absolute atomic E-state index is 10.7. The van der Waals surface area contributed by atoms with Gasteiger partial charge in [0, 0.05) is 0 Å².